The van der Waals surface area contributed by atoms with Gasteiger partial charge in [-0.3, -0.25) is 4.79 Å². The minimum atomic E-state index is -0.291. The van der Waals surface area contributed by atoms with Gasteiger partial charge in [0.15, 0.2) is 0 Å². The number of nitrogens with zero attached hydrogens (tertiary/aromatic N) is 3. The van der Waals surface area contributed by atoms with Crippen LogP contribution in [0.5, 0.6) is 0 Å². The van der Waals surface area contributed by atoms with E-state index in [1.165, 1.54) is 12.1 Å². The highest BCUT2D eigenvalue weighted by Gasteiger charge is 2.25. The van der Waals surface area contributed by atoms with Crippen LogP contribution in [0.3, 0.4) is 0 Å². The fourth-order valence-corrected chi connectivity index (χ4v) is 3.63. The van der Waals surface area contributed by atoms with Crippen LogP contribution in [0.25, 0.3) is 16.9 Å². The molecule has 0 saturated carbocycles. The summed E-state index contributed by atoms with van der Waals surface area (Å²) in [5.41, 5.74) is 3.94. The highest BCUT2D eigenvalue weighted by molar-refractivity contribution is 5.94. The molecule has 1 fully saturated rings. The Labute approximate surface area is 164 Å². The predicted molar refractivity (Wildman–Crippen MR) is 108 cm³/mol. The fourth-order valence-electron chi connectivity index (χ4n) is 3.63. The van der Waals surface area contributed by atoms with Crippen LogP contribution in [-0.4, -0.2) is 33.7 Å². The van der Waals surface area contributed by atoms with Gasteiger partial charge in [-0.25, -0.2) is 9.07 Å². The van der Waals surface area contributed by atoms with Gasteiger partial charge in [0.25, 0.3) is 5.91 Å². The van der Waals surface area contributed by atoms with Gasteiger partial charge in [-0.05, 0) is 73.7 Å². The first kappa shape index (κ1) is 18.4. The van der Waals surface area contributed by atoms with Gasteiger partial charge in [0.05, 0.1) is 11.4 Å². The summed E-state index contributed by atoms with van der Waals surface area (Å²) in [6, 6.07) is 15.9. The van der Waals surface area contributed by atoms with Gasteiger partial charge in [-0.1, -0.05) is 19.1 Å². The van der Waals surface area contributed by atoms with Crippen molar-refractivity contribution in [3.63, 3.8) is 0 Å². The Bertz CT molecular complexity index is 985. The molecule has 144 valence electrons. The standard InChI is InChI=1S/C23H24FN3O/c1-16-10-12-26(13-11-16)23(28)22-15-21(18-6-8-19(24)9-7-18)25-27(22)20-5-3-4-17(2)14-20/h3-9,14-16H,10-13H2,1-2H3. The maximum absolute atomic E-state index is 13.3. The van der Waals surface area contributed by atoms with Gasteiger partial charge in [-0.2, -0.15) is 5.10 Å². The summed E-state index contributed by atoms with van der Waals surface area (Å²) < 4.78 is 15.0. The molecule has 28 heavy (non-hydrogen) atoms. The van der Waals surface area contributed by atoms with E-state index in [1.54, 1.807) is 16.8 Å². The first-order valence-electron chi connectivity index (χ1n) is 9.73. The lowest BCUT2D eigenvalue weighted by atomic mass is 9.99. The summed E-state index contributed by atoms with van der Waals surface area (Å²) in [4.78, 5) is 15.2. The second-order valence-corrected chi connectivity index (χ2v) is 7.65. The molecule has 5 heteroatoms. The second-order valence-electron chi connectivity index (χ2n) is 7.65. The third-order valence-electron chi connectivity index (χ3n) is 5.39. The number of aromatic nitrogens is 2. The first-order valence-corrected chi connectivity index (χ1v) is 9.73. The maximum atomic E-state index is 13.3. The van der Waals surface area contributed by atoms with Crippen LogP contribution < -0.4 is 0 Å². The Morgan fingerprint density at radius 1 is 1.07 bits per heavy atom. The lowest BCUT2D eigenvalue weighted by molar-refractivity contribution is 0.0688. The van der Waals surface area contributed by atoms with Crippen molar-refractivity contribution in [2.24, 2.45) is 5.92 Å². The number of halogens is 1. The molecule has 0 spiro atoms. The molecule has 0 bridgehead atoms. The van der Waals surface area contributed by atoms with Crippen LogP contribution in [-0.2, 0) is 0 Å². The number of benzene rings is 2. The van der Waals surface area contributed by atoms with Crippen LogP contribution in [0.4, 0.5) is 4.39 Å². The number of rotatable bonds is 3. The van der Waals surface area contributed by atoms with E-state index in [1.807, 2.05) is 42.2 Å². The Hall–Kier alpha value is -2.95. The van der Waals surface area contributed by atoms with Gasteiger partial charge in [0.1, 0.15) is 11.5 Å². The van der Waals surface area contributed by atoms with E-state index in [0.717, 1.165) is 42.7 Å². The summed E-state index contributed by atoms with van der Waals surface area (Å²) >= 11 is 0. The Morgan fingerprint density at radius 3 is 2.46 bits per heavy atom. The van der Waals surface area contributed by atoms with Crippen molar-refractivity contribution in [2.45, 2.75) is 26.7 Å². The zero-order valence-electron chi connectivity index (χ0n) is 16.2. The molecule has 1 aromatic heterocycles. The first-order chi connectivity index (χ1) is 13.5. The summed E-state index contributed by atoms with van der Waals surface area (Å²) in [5.74, 6) is 0.357. The van der Waals surface area contributed by atoms with E-state index in [0.29, 0.717) is 17.3 Å². The van der Waals surface area contributed by atoms with E-state index in [9.17, 15) is 9.18 Å². The van der Waals surface area contributed by atoms with Gasteiger partial charge >= 0.3 is 0 Å². The number of carbonyl (C=O) groups is 1. The highest BCUT2D eigenvalue weighted by atomic mass is 19.1. The summed E-state index contributed by atoms with van der Waals surface area (Å²) in [6.07, 6.45) is 2.05. The molecule has 3 aromatic rings. The third kappa shape index (κ3) is 3.70. The number of aryl methyl sites for hydroxylation is 1. The van der Waals surface area contributed by atoms with Crippen LogP contribution in [0.2, 0.25) is 0 Å². The van der Waals surface area contributed by atoms with Gasteiger partial charge in [0.2, 0.25) is 0 Å². The van der Waals surface area contributed by atoms with Crippen molar-refractivity contribution >= 4 is 5.91 Å². The Morgan fingerprint density at radius 2 is 1.79 bits per heavy atom. The summed E-state index contributed by atoms with van der Waals surface area (Å²) in [5, 5.41) is 4.70. The molecule has 0 atom stereocenters. The van der Waals surface area contributed by atoms with Crippen LogP contribution >= 0.6 is 0 Å². The molecular formula is C23H24FN3O. The molecule has 4 nitrogen and oxygen atoms in total. The highest BCUT2D eigenvalue weighted by Crippen LogP contribution is 2.25. The van der Waals surface area contributed by atoms with Crippen molar-refractivity contribution < 1.29 is 9.18 Å². The molecule has 0 radical (unpaired) electrons. The number of piperidine rings is 1. The molecule has 0 unspecified atom stereocenters. The van der Waals surface area contributed by atoms with E-state index in [-0.39, 0.29) is 11.7 Å². The van der Waals surface area contributed by atoms with Gasteiger partial charge in [-0.15, -0.1) is 0 Å². The number of hydrogen-bond acceptors (Lipinski definition) is 2. The van der Waals surface area contributed by atoms with Gasteiger partial charge < -0.3 is 4.90 Å². The number of amides is 1. The van der Waals surface area contributed by atoms with Crippen molar-refractivity contribution in [3.05, 3.63) is 71.7 Å². The normalized spacial score (nSPS) is 15.0. The molecule has 1 saturated heterocycles. The minimum Gasteiger partial charge on any atom is -0.337 e. The Kier molecular flexibility index (Phi) is 4.99. The quantitative estimate of drug-likeness (QED) is 0.654. The monoisotopic (exact) mass is 377 g/mol. The average Bonchev–Trinajstić information content (AvgIpc) is 3.14. The molecule has 1 aliphatic heterocycles. The number of likely N-dealkylation sites (tertiary alicyclic amines) is 1. The van der Waals surface area contributed by atoms with E-state index >= 15 is 0 Å². The van der Waals surface area contributed by atoms with Crippen molar-refractivity contribution in [2.75, 3.05) is 13.1 Å². The molecule has 1 amide bonds. The largest absolute Gasteiger partial charge is 0.337 e. The summed E-state index contributed by atoms with van der Waals surface area (Å²) in [6.45, 7) is 5.78. The lowest BCUT2D eigenvalue weighted by Gasteiger charge is -2.30. The van der Waals surface area contributed by atoms with Crippen LogP contribution in [0.15, 0.2) is 54.6 Å². The lowest BCUT2D eigenvalue weighted by Crippen LogP contribution is -2.38. The summed E-state index contributed by atoms with van der Waals surface area (Å²) in [7, 11) is 0. The topological polar surface area (TPSA) is 38.1 Å². The second kappa shape index (κ2) is 7.58. The molecule has 1 aliphatic rings. The number of carbonyl (C=O) groups excluding carboxylic acids is 1. The molecule has 4 rings (SSSR count). The smallest absolute Gasteiger partial charge is 0.272 e. The van der Waals surface area contributed by atoms with E-state index in [4.69, 9.17) is 5.10 Å². The number of hydrogen-bond donors (Lipinski definition) is 0. The molecule has 2 aromatic carbocycles. The van der Waals surface area contributed by atoms with E-state index in [2.05, 4.69) is 6.92 Å². The third-order valence-corrected chi connectivity index (χ3v) is 5.39. The molecule has 0 N–H and O–H groups in total. The van der Waals surface area contributed by atoms with Crippen molar-refractivity contribution in [3.8, 4) is 16.9 Å². The zero-order valence-corrected chi connectivity index (χ0v) is 16.2. The maximum Gasteiger partial charge on any atom is 0.272 e. The SMILES string of the molecule is Cc1cccc(-n2nc(-c3ccc(F)cc3)cc2C(=O)N2CCC(C)CC2)c1. The average molecular weight is 377 g/mol. The molecular weight excluding hydrogens is 353 g/mol. The molecule has 2 heterocycles. The predicted octanol–water partition coefficient (Wildman–Crippen LogP) is 4.86. The zero-order chi connectivity index (χ0) is 19.7. The minimum absolute atomic E-state index is 0.00531. The van der Waals surface area contributed by atoms with Gasteiger partial charge in [0, 0.05) is 18.7 Å². The van der Waals surface area contributed by atoms with Crippen molar-refractivity contribution in [1.29, 1.82) is 0 Å². The Balaban J connectivity index is 1.76. The van der Waals surface area contributed by atoms with E-state index < -0.39 is 0 Å². The molecule has 0 aliphatic carbocycles. The van der Waals surface area contributed by atoms with Crippen LogP contribution in [0.1, 0.15) is 35.8 Å². The fraction of sp³-hybridized carbons (Fsp3) is 0.304. The van der Waals surface area contributed by atoms with Crippen molar-refractivity contribution in [1.82, 2.24) is 14.7 Å². The van der Waals surface area contributed by atoms with Crippen LogP contribution in [0, 0.1) is 18.7 Å².